The molecule has 9 aromatic rings. The van der Waals surface area contributed by atoms with Crippen molar-refractivity contribution in [2.45, 2.75) is 122 Å². The number of nitrogen functional groups attached to an aromatic ring is 1. The molecular weight excluding hydrogens is 1230 g/mol. The Morgan fingerprint density at radius 1 is 0.570 bits per heavy atom. The lowest BCUT2D eigenvalue weighted by Crippen LogP contribution is -2.31. The number of hydrogen-bond donors (Lipinski definition) is 6. The van der Waals surface area contributed by atoms with Gasteiger partial charge in [0.1, 0.15) is 39.7 Å². The van der Waals surface area contributed by atoms with Gasteiger partial charge in [-0.25, -0.2) is 54.6 Å². The number of esters is 2. The standard InChI is InChI=1S/C36H34F2N6O6S.C30H30F2N6O4/c1-20-23-13-15-28(25(23)12-11-24(20)35(47)50-36(2,3)4)42-34(46)31-17-29(33(45)39-18-21-10-14-26(37)27(38)16-21)41-32-30(19-40-44(31)32)43-51(48,49)22-8-6-5-7-9-22;1-15-17-8-10-23(19(17)7-6-18(15)29(41)42-30(2,3)4)37-28(40)25-12-24(36-26-22(33)14-35-38(25)26)27(39)34-13-16-5-9-20(31)21(32)11-16/h5-12,14,16-17,19,28,43H,13,15,18H2,1-4H3,(H,39,45)(H,42,46);5-7,9,11-12,14,23H,8,10,13,33H2,1-4H3,(H,34,39)(H,37,40)/t28-;23-/m00/s1. The van der Waals surface area contributed by atoms with Gasteiger partial charge in [0.15, 0.2) is 34.6 Å². The molecule has 0 spiro atoms. The fraction of sp³-hybridized carbons (Fsp3) is 0.273. The van der Waals surface area contributed by atoms with Crippen molar-refractivity contribution >= 4 is 68.3 Å². The predicted octanol–water partition coefficient (Wildman–Crippen LogP) is 9.62. The van der Waals surface area contributed by atoms with Crippen LogP contribution in [0.5, 0.6) is 0 Å². The molecule has 0 saturated carbocycles. The SMILES string of the molecule is Cc1c(C(=O)OC(C)(C)C)ccc2c1CC[C@@H]2NC(=O)c1cc(C(=O)NCc2ccc(F)c(F)c2)nc2c(N)cnn12.Cc1c(C(=O)OC(C)(C)C)ccc2c1CC[C@@H]2NC(=O)c1cc(C(=O)NCc2ccc(F)c(F)c2)nc2c(NS(=O)(=O)c3ccccc3)cnn12. The van der Waals surface area contributed by atoms with Crippen LogP contribution in [0, 0.1) is 37.1 Å². The summed E-state index contributed by atoms with van der Waals surface area (Å²) >= 11 is 0. The molecule has 27 heteroatoms. The van der Waals surface area contributed by atoms with Gasteiger partial charge in [0.2, 0.25) is 0 Å². The fourth-order valence-corrected chi connectivity index (χ4v) is 11.9. The molecular formula is C66H64F4N12O10S. The van der Waals surface area contributed by atoms with E-state index < -0.39 is 86.1 Å². The van der Waals surface area contributed by atoms with Crippen LogP contribution in [0.3, 0.4) is 0 Å². The van der Waals surface area contributed by atoms with Crippen molar-refractivity contribution in [3.05, 3.63) is 217 Å². The zero-order valence-electron chi connectivity index (χ0n) is 51.6. The number of rotatable bonds is 15. The molecule has 0 radical (unpaired) electrons. The third-order valence-corrected chi connectivity index (χ3v) is 16.7. The van der Waals surface area contributed by atoms with Gasteiger partial charge in [-0.15, -0.1) is 0 Å². The van der Waals surface area contributed by atoms with Gasteiger partial charge >= 0.3 is 11.9 Å². The first-order chi connectivity index (χ1) is 43.9. The first kappa shape index (κ1) is 65.4. The Morgan fingerprint density at radius 3 is 1.46 bits per heavy atom. The Kier molecular flexibility index (Phi) is 18.3. The zero-order valence-corrected chi connectivity index (χ0v) is 52.4. The van der Waals surface area contributed by atoms with Crippen molar-refractivity contribution in [2.24, 2.45) is 0 Å². The van der Waals surface area contributed by atoms with Gasteiger partial charge in [0, 0.05) is 25.2 Å². The zero-order chi connectivity index (χ0) is 67.0. The number of aromatic nitrogens is 6. The topological polar surface area (TPSA) is 302 Å². The van der Waals surface area contributed by atoms with E-state index in [1.807, 2.05) is 40.7 Å². The van der Waals surface area contributed by atoms with Crippen LogP contribution in [-0.2, 0) is 45.4 Å². The van der Waals surface area contributed by atoms with E-state index in [0.29, 0.717) is 42.4 Å². The van der Waals surface area contributed by atoms with E-state index in [0.717, 1.165) is 62.2 Å². The summed E-state index contributed by atoms with van der Waals surface area (Å²) in [6, 6.07) is 22.7. The van der Waals surface area contributed by atoms with E-state index in [2.05, 4.69) is 46.2 Å². The number of nitrogens with zero attached hydrogens (tertiary/aromatic N) is 6. The van der Waals surface area contributed by atoms with Crippen molar-refractivity contribution in [2.75, 3.05) is 10.5 Å². The van der Waals surface area contributed by atoms with Crippen LogP contribution in [0.4, 0.5) is 28.9 Å². The van der Waals surface area contributed by atoms with Crippen LogP contribution in [0.1, 0.15) is 174 Å². The van der Waals surface area contributed by atoms with Gasteiger partial charge in [-0.2, -0.15) is 10.2 Å². The summed E-state index contributed by atoms with van der Waals surface area (Å²) in [4.78, 5) is 88.0. The molecule has 4 amide bonds. The molecule has 93 heavy (non-hydrogen) atoms. The van der Waals surface area contributed by atoms with Gasteiger partial charge in [0.05, 0.1) is 46.2 Å². The maximum atomic E-state index is 14.0. The van der Waals surface area contributed by atoms with Gasteiger partial charge in [-0.3, -0.25) is 23.9 Å². The molecule has 0 bridgehead atoms. The maximum absolute atomic E-state index is 14.0. The molecule has 2 atom stereocenters. The molecule has 0 aliphatic heterocycles. The average Bonchev–Trinajstić information content (AvgIpc) is 1.68. The molecule has 2 aliphatic carbocycles. The monoisotopic (exact) mass is 1290 g/mol. The molecule has 4 heterocycles. The lowest BCUT2D eigenvalue weighted by atomic mass is 9.97. The predicted molar refractivity (Wildman–Crippen MR) is 332 cm³/mol. The van der Waals surface area contributed by atoms with Gasteiger partial charge < -0.3 is 36.5 Å². The summed E-state index contributed by atoms with van der Waals surface area (Å²) in [5.41, 5.74) is 11.0. The third-order valence-electron chi connectivity index (χ3n) is 15.3. The number of nitrogens with one attached hydrogen (secondary N) is 5. The van der Waals surface area contributed by atoms with Crippen LogP contribution in [-0.4, -0.2) is 84.4 Å². The number of carbonyl (C=O) groups excluding carboxylic acids is 6. The minimum absolute atomic E-state index is 0.0326. The molecule has 4 aromatic heterocycles. The average molecular weight is 1290 g/mol. The van der Waals surface area contributed by atoms with Crippen LogP contribution in [0.25, 0.3) is 11.3 Å². The second kappa shape index (κ2) is 26.0. The van der Waals surface area contributed by atoms with Crippen LogP contribution < -0.4 is 31.7 Å². The minimum Gasteiger partial charge on any atom is -0.456 e. The largest absolute Gasteiger partial charge is 0.456 e. The van der Waals surface area contributed by atoms with Crippen LogP contribution in [0.15, 0.2) is 120 Å². The number of amides is 4. The number of hydrogen-bond acceptors (Lipinski definition) is 15. The molecule has 0 saturated heterocycles. The lowest BCUT2D eigenvalue weighted by Gasteiger charge is -2.21. The first-order valence-corrected chi connectivity index (χ1v) is 30.8. The van der Waals surface area contributed by atoms with E-state index in [1.54, 1.807) is 57.2 Å². The molecule has 482 valence electrons. The highest BCUT2D eigenvalue weighted by atomic mass is 32.2. The Morgan fingerprint density at radius 2 is 1.01 bits per heavy atom. The molecule has 11 rings (SSSR count). The molecule has 0 fully saturated rings. The number of fused-ring (bicyclic) bond motifs is 4. The summed E-state index contributed by atoms with van der Waals surface area (Å²) in [6.07, 6.45) is 4.87. The number of nitrogens with two attached hydrogens (primary N) is 1. The number of halogens is 4. The van der Waals surface area contributed by atoms with Gasteiger partial charge in [0.25, 0.3) is 33.7 Å². The Hall–Kier alpha value is -10.6. The molecule has 5 aromatic carbocycles. The van der Waals surface area contributed by atoms with Crippen molar-refractivity contribution in [3.8, 4) is 0 Å². The van der Waals surface area contributed by atoms with Gasteiger partial charge in [-0.1, -0.05) is 42.5 Å². The Balaban J connectivity index is 0.000000207. The van der Waals surface area contributed by atoms with E-state index >= 15 is 0 Å². The normalized spacial score (nSPS) is 14.3. The number of sulfonamides is 1. The summed E-state index contributed by atoms with van der Waals surface area (Å²) in [5.74, 6) is -7.55. The lowest BCUT2D eigenvalue weighted by molar-refractivity contribution is 0.00559. The smallest absolute Gasteiger partial charge is 0.338 e. The highest BCUT2D eigenvalue weighted by Gasteiger charge is 2.33. The van der Waals surface area contributed by atoms with E-state index in [4.69, 9.17) is 15.2 Å². The van der Waals surface area contributed by atoms with Crippen molar-refractivity contribution in [1.29, 1.82) is 0 Å². The fourth-order valence-electron chi connectivity index (χ4n) is 10.9. The molecule has 22 nitrogen and oxygen atoms in total. The minimum atomic E-state index is -4.11. The van der Waals surface area contributed by atoms with E-state index in [-0.39, 0.29) is 75.0 Å². The quantitative estimate of drug-likeness (QED) is 0.0411. The van der Waals surface area contributed by atoms with Crippen molar-refractivity contribution in [1.82, 2.24) is 50.5 Å². The molecule has 7 N–H and O–H groups in total. The Labute approximate surface area is 530 Å². The van der Waals surface area contributed by atoms with Crippen molar-refractivity contribution in [3.63, 3.8) is 0 Å². The number of anilines is 2. The number of ether oxygens (including phenoxy) is 2. The molecule has 2 aliphatic rings. The third kappa shape index (κ3) is 14.5. The summed E-state index contributed by atoms with van der Waals surface area (Å²) in [6.45, 7) is 14.2. The number of carbonyl (C=O) groups is 6. The highest BCUT2D eigenvalue weighted by molar-refractivity contribution is 7.92. The highest BCUT2D eigenvalue weighted by Crippen LogP contribution is 2.37. The Bertz CT molecular complexity index is 4620. The summed E-state index contributed by atoms with van der Waals surface area (Å²) in [7, 11) is -4.11. The van der Waals surface area contributed by atoms with Crippen LogP contribution >= 0.6 is 0 Å². The van der Waals surface area contributed by atoms with E-state index in [1.165, 1.54) is 53.3 Å². The van der Waals surface area contributed by atoms with Gasteiger partial charge in [-0.05, 0) is 174 Å². The first-order valence-electron chi connectivity index (χ1n) is 29.3. The molecule has 0 unspecified atom stereocenters. The van der Waals surface area contributed by atoms with Crippen molar-refractivity contribution < 1.29 is 64.2 Å². The van der Waals surface area contributed by atoms with E-state index in [9.17, 15) is 54.7 Å². The second-order valence-corrected chi connectivity index (χ2v) is 25.9. The summed E-state index contributed by atoms with van der Waals surface area (Å²) in [5, 5.41) is 19.5. The maximum Gasteiger partial charge on any atom is 0.338 e. The second-order valence-electron chi connectivity index (χ2n) is 24.2. The summed E-state index contributed by atoms with van der Waals surface area (Å²) < 4.78 is 96.3. The van der Waals surface area contributed by atoms with Crippen LogP contribution in [0.2, 0.25) is 0 Å². The number of benzene rings is 5.